The van der Waals surface area contributed by atoms with E-state index in [0.717, 1.165) is 10.9 Å². The Labute approximate surface area is 135 Å². The smallest absolute Gasteiger partial charge is 0.336 e. The molecular weight excluding hydrogens is 356 g/mol. The van der Waals surface area contributed by atoms with E-state index in [1.165, 1.54) is 11.8 Å². The van der Waals surface area contributed by atoms with Gasteiger partial charge in [0, 0.05) is 15.8 Å². The number of rotatable bonds is 6. The van der Waals surface area contributed by atoms with E-state index < -0.39 is 5.97 Å². The number of halogens is 1. The van der Waals surface area contributed by atoms with Crippen molar-refractivity contribution in [3.05, 3.63) is 40.0 Å². The summed E-state index contributed by atoms with van der Waals surface area (Å²) in [6.45, 7) is 4.18. The Morgan fingerprint density at radius 2 is 2.24 bits per heavy atom. The second-order valence-electron chi connectivity index (χ2n) is 4.94. The largest absolute Gasteiger partial charge is 0.478 e. The first-order valence-electron chi connectivity index (χ1n) is 6.43. The molecule has 112 valence electrons. The van der Waals surface area contributed by atoms with E-state index in [0.29, 0.717) is 28.3 Å². The summed E-state index contributed by atoms with van der Waals surface area (Å²) in [6.07, 6.45) is 0.769. The first-order chi connectivity index (χ1) is 9.95. The molecule has 1 heterocycles. The maximum Gasteiger partial charge on any atom is 0.336 e. The van der Waals surface area contributed by atoms with Crippen LogP contribution in [0.1, 0.15) is 35.9 Å². The first-order valence-corrected chi connectivity index (χ1v) is 8.20. The summed E-state index contributed by atoms with van der Waals surface area (Å²) in [5.74, 6) is 1.16. The molecule has 2 rings (SSSR count). The third kappa shape index (κ3) is 4.57. The lowest BCUT2D eigenvalue weighted by atomic mass is 10.1. The van der Waals surface area contributed by atoms with Gasteiger partial charge in [0.1, 0.15) is 0 Å². The highest BCUT2D eigenvalue weighted by atomic mass is 79.9. The normalized spacial score (nSPS) is 11.0. The lowest BCUT2D eigenvalue weighted by Gasteiger charge is -2.04. The third-order valence-electron chi connectivity index (χ3n) is 2.63. The minimum atomic E-state index is -0.948. The van der Waals surface area contributed by atoms with Crippen LogP contribution < -0.4 is 0 Å². The molecule has 0 unspecified atom stereocenters. The number of carbonyl (C=O) groups is 1. The lowest BCUT2D eigenvalue weighted by molar-refractivity contribution is 0.0693. The van der Waals surface area contributed by atoms with E-state index in [-0.39, 0.29) is 5.56 Å². The summed E-state index contributed by atoms with van der Waals surface area (Å²) in [7, 11) is 0. The van der Waals surface area contributed by atoms with Crippen LogP contribution in [-0.4, -0.2) is 21.2 Å². The monoisotopic (exact) mass is 370 g/mol. The molecule has 0 amide bonds. The van der Waals surface area contributed by atoms with Crippen molar-refractivity contribution >= 4 is 33.7 Å². The molecule has 0 atom stereocenters. The lowest BCUT2D eigenvalue weighted by Crippen LogP contribution is -1.99. The number of carboxylic acid groups (broad SMARTS) is 1. The topological polar surface area (TPSA) is 76.2 Å². The van der Waals surface area contributed by atoms with Gasteiger partial charge in [-0.05, 0) is 24.1 Å². The molecule has 1 aromatic carbocycles. The molecule has 1 aromatic heterocycles. The molecule has 1 N–H and O–H groups in total. The first kappa shape index (κ1) is 16.0. The molecule has 0 aliphatic rings. The van der Waals surface area contributed by atoms with Crippen LogP contribution in [0.3, 0.4) is 0 Å². The second-order valence-corrected chi connectivity index (χ2v) is 6.87. The molecule has 0 saturated heterocycles. The number of nitrogens with zero attached hydrogens (tertiary/aromatic N) is 2. The highest BCUT2D eigenvalue weighted by Gasteiger charge is 2.13. The van der Waals surface area contributed by atoms with E-state index in [9.17, 15) is 9.90 Å². The number of hydrogen-bond donors (Lipinski definition) is 1. The van der Waals surface area contributed by atoms with Crippen LogP contribution in [0, 0.1) is 5.92 Å². The van der Waals surface area contributed by atoms with Crippen molar-refractivity contribution in [3.8, 4) is 0 Å². The minimum Gasteiger partial charge on any atom is -0.478 e. The molecule has 0 fully saturated rings. The molecule has 0 saturated carbocycles. The fraction of sp³-hybridized carbons (Fsp3) is 0.357. The van der Waals surface area contributed by atoms with Gasteiger partial charge in [0.2, 0.25) is 5.89 Å². The Morgan fingerprint density at radius 3 is 2.90 bits per heavy atom. The second kappa shape index (κ2) is 7.09. The number of thioether (sulfide) groups is 1. The zero-order chi connectivity index (χ0) is 15.4. The Bertz CT molecular complexity index is 643. The quantitative estimate of drug-likeness (QED) is 0.773. The average Bonchev–Trinajstić information content (AvgIpc) is 2.82. The summed E-state index contributed by atoms with van der Waals surface area (Å²) in [5, 5.41) is 13.1. The highest BCUT2D eigenvalue weighted by Crippen LogP contribution is 2.29. The number of aromatic nitrogens is 2. The highest BCUT2D eigenvalue weighted by molar-refractivity contribution is 9.10. The van der Waals surface area contributed by atoms with Gasteiger partial charge in [-0.3, -0.25) is 0 Å². The van der Waals surface area contributed by atoms with Crippen LogP contribution in [0.5, 0.6) is 0 Å². The van der Waals surface area contributed by atoms with E-state index >= 15 is 0 Å². The van der Waals surface area contributed by atoms with Crippen molar-refractivity contribution in [2.45, 2.75) is 30.9 Å². The molecular formula is C14H15BrN2O3S. The van der Waals surface area contributed by atoms with Crippen LogP contribution in [0.25, 0.3) is 0 Å². The maximum absolute atomic E-state index is 11.2. The van der Waals surface area contributed by atoms with Gasteiger partial charge in [0.25, 0.3) is 0 Å². The zero-order valence-electron chi connectivity index (χ0n) is 11.7. The predicted molar refractivity (Wildman–Crippen MR) is 83.5 cm³/mol. The fourth-order valence-corrected chi connectivity index (χ4v) is 3.16. The molecule has 0 radical (unpaired) electrons. The summed E-state index contributed by atoms with van der Waals surface area (Å²) in [5.41, 5.74) is 0.269. The molecule has 21 heavy (non-hydrogen) atoms. The summed E-state index contributed by atoms with van der Waals surface area (Å²) < 4.78 is 6.01. The van der Waals surface area contributed by atoms with Gasteiger partial charge in [-0.25, -0.2) is 4.79 Å². The van der Waals surface area contributed by atoms with Crippen molar-refractivity contribution in [1.82, 2.24) is 10.1 Å². The van der Waals surface area contributed by atoms with Crippen LogP contribution >= 0.6 is 27.7 Å². The van der Waals surface area contributed by atoms with Crippen molar-refractivity contribution in [1.29, 1.82) is 0 Å². The Balaban J connectivity index is 2.07. The van der Waals surface area contributed by atoms with Gasteiger partial charge in [0.15, 0.2) is 5.82 Å². The molecule has 0 aliphatic heterocycles. The van der Waals surface area contributed by atoms with Crippen LogP contribution in [0.4, 0.5) is 0 Å². The van der Waals surface area contributed by atoms with Gasteiger partial charge < -0.3 is 9.63 Å². The Kier molecular flexibility index (Phi) is 5.41. The molecule has 2 aromatic rings. The third-order valence-corrected chi connectivity index (χ3v) is 4.16. The SMILES string of the molecule is CC(C)Cc1noc(CSc2cc(Br)ccc2C(=O)O)n1. The van der Waals surface area contributed by atoms with E-state index in [4.69, 9.17) is 4.52 Å². The fourth-order valence-electron chi connectivity index (χ4n) is 1.73. The van der Waals surface area contributed by atoms with Gasteiger partial charge in [-0.2, -0.15) is 4.98 Å². The molecule has 0 aliphatic carbocycles. The molecule has 7 heteroatoms. The average molecular weight is 371 g/mol. The number of carboxylic acids is 1. The van der Waals surface area contributed by atoms with Crippen molar-refractivity contribution in [3.63, 3.8) is 0 Å². The maximum atomic E-state index is 11.2. The van der Waals surface area contributed by atoms with Crippen molar-refractivity contribution in [2.24, 2.45) is 5.92 Å². The molecule has 0 bridgehead atoms. The van der Waals surface area contributed by atoms with Crippen LogP contribution in [0.15, 0.2) is 32.1 Å². The van der Waals surface area contributed by atoms with E-state index in [1.807, 2.05) is 0 Å². The summed E-state index contributed by atoms with van der Waals surface area (Å²) in [6, 6.07) is 5.06. The molecule has 5 nitrogen and oxygen atoms in total. The van der Waals surface area contributed by atoms with E-state index in [2.05, 4.69) is 39.9 Å². The predicted octanol–water partition coefficient (Wildman–Crippen LogP) is 4.02. The summed E-state index contributed by atoms with van der Waals surface area (Å²) >= 11 is 4.71. The van der Waals surface area contributed by atoms with Gasteiger partial charge >= 0.3 is 5.97 Å². The Hall–Kier alpha value is -1.34. The van der Waals surface area contributed by atoms with Crippen LogP contribution in [0.2, 0.25) is 0 Å². The summed E-state index contributed by atoms with van der Waals surface area (Å²) in [4.78, 5) is 16.2. The Morgan fingerprint density at radius 1 is 1.48 bits per heavy atom. The standard InChI is InChI=1S/C14H15BrN2O3S/c1-8(2)5-12-16-13(20-17-12)7-21-11-6-9(15)3-4-10(11)14(18)19/h3-4,6,8H,5,7H2,1-2H3,(H,18,19). The van der Waals surface area contributed by atoms with E-state index in [1.54, 1.807) is 18.2 Å². The number of benzene rings is 1. The van der Waals surface area contributed by atoms with Crippen molar-refractivity contribution in [2.75, 3.05) is 0 Å². The van der Waals surface area contributed by atoms with Gasteiger partial charge in [-0.15, -0.1) is 11.8 Å². The van der Waals surface area contributed by atoms with Gasteiger partial charge in [-0.1, -0.05) is 34.9 Å². The zero-order valence-corrected chi connectivity index (χ0v) is 14.1. The number of hydrogen-bond acceptors (Lipinski definition) is 5. The van der Waals surface area contributed by atoms with Crippen molar-refractivity contribution < 1.29 is 14.4 Å². The minimum absolute atomic E-state index is 0.269. The van der Waals surface area contributed by atoms with Gasteiger partial charge in [0.05, 0.1) is 11.3 Å². The molecule has 0 spiro atoms. The number of aromatic carboxylic acids is 1. The van der Waals surface area contributed by atoms with Crippen LogP contribution in [-0.2, 0) is 12.2 Å².